The van der Waals surface area contributed by atoms with Crippen LogP contribution in [0.25, 0.3) is 10.9 Å². The van der Waals surface area contributed by atoms with E-state index in [0.717, 1.165) is 33.4 Å². The summed E-state index contributed by atoms with van der Waals surface area (Å²) < 4.78 is 30.1. The fraction of sp³-hybridized carbons (Fsp3) is 0.286. The van der Waals surface area contributed by atoms with Gasteiger partial charge in [0.15, 0.2) is 23.0 Å². The van der Waals surface area contributed by atoms with Gasteiger partial charge in [-0.05, 0) is 60.2 Å². The lowest BCUT2D eigenvalue weighted by Crippen LogP contribution is -2.24. The molecule has 13 nitrogen and oxygen atoms in total. The van der Waals surface area contributed by atoms with Gasteiger partial charge in [-0.1, -0.05) is 16.8 Å². The number of methoxy groups -OCH3 is 4. The van der Waals surface area contributed by atoms with Crippen LogP contribution < -0.4 is 29.0 Å². The molecule has 254 valence electrons. The van der Waals surface area contributed by atoms with Crippen LogP contribution >= 0.6 is 11.6 Å². The van der Waals surface area contributed by atoms with Crippen molar-refractivity contribution in [3.05, 3.63) is 88.8 Å². The van der Waals surface area contributed by atoms with E-state index in [4.69, 9.17) is 35.3 Å². The summed E-state index contributed by atoms with van der Waals surface area (Å²) in [6.07, 6.45) is 4.06. The van der Waals surface area contributed by atoms with Crippen molar-refractivity contribution in [2.24, 2.45) is 5.10 Å². The van der Waals surface area contributed by atoms with Crippen molar-refractivity contribution in [1.82, 2.24) is 25.0 Å². The molecular formula is C35H36ClN7O6. The number of aromatic nitrogens is 4. The van der Waals surface area contributed by atoms with Crippen LogP contribution in [0, 0.1) is 0 Å². The quantitative estimate of drug-likeness (QED) is 0.160. The number of benzene rings is 3. The summed E-state index contributed by atoms with van der Waals surface area (Å²) in [4.78, 5) is 17.1. The third kappa shape index (κ3) is 7.16. The number of hydrogen-bond acceptors (Lipinski definition) is 11. The number of amides is 1. The summed E-state index contributed by atoms with van der Waals surface area (Å²) in [6, 6.07) is 16.4. The van der Waals surface area contributed by atoms with E-state index < -0.39 is 0 Å². The molecule has 2 aromatic heterocycles. The molecule has 0 spiro atoms. The highest BCUT2D eigenvalue weighted by atomic mass is 35.5. The van der Waals surface area contributed by atoms with E-state index in [1.807, 2.05) is 60.8 Å². The minimum absolute atomic E-state index is 0.194. The second kappa shape index (κ2) is 14.7. The minimum Gasteiger partial charge on any atom is -0.493 e. The molecule has 6 rings (SSSR count). The Labute approximate surface area is 288 Å². The van der Waals surface area contributed by atoms with Crippen LogP contribution in [0.4, 0.5) is 5.69 Å². The van der Waals surface area contributed by atoms with Crippen molar-refractivity contribution in [2.45, 2.75) is 32.5 Å². The highest BCUT2D eigenvalue weighted by Crippen LogP contribution is 2.43. The number of fused-ring (bicyclic) bond motifs is 1. The largest absolute Gasteiger partial charge is 0.493 e. The first-order valence-corrected chi connectivity index (χ1v) is 15.8. The summed E-state index contributed by atoms with van der Waals surface area (Å²) >= 11 is 6.11. The maximum absolute atomic E-state index is 12.7. The summed E-state index contributed by atoms with van der Waals surface area (Å²) in [5.41, 5.74) is 4.79. The Kier molecular flexibility index (Phi) is 10.00. The van der Waals surface area contributed by atoms with Crippen LogP contribution in [0.15, 0.2) is 72.1 Å². The van der Waals surface area contributed by atoms with E-state index in [-0.39, 0.29) is 18.6 Å². The Morgan fingerprint density at radius 1 is 0.939 bits per heavy atom. The van der Waals surface area contributed by atoms with Gasteiger partial charge in [0, 0.05) is 47.7 Å². The van der Waals surface area contributed by atoms with Gasteiger partial charge in [-0.25, -0.2) is 5.01 Å². The lowest BCUT2D eigenvalue weighted by atomic mass is 9.97. The number of hydrogen-bond donors (Lipinski definition) is 1. The van der Waals surface area contributed by atoms with Gasteiger partial charge in [-0.2, -0.15) is 5.10 Å². The topological polar surface area (TPSA) is 134 Å². The van der Waals surface area contributed by atoms with Crippen molar-refractivity contribution in [3.8, 4) is 28.7 Å². The Hall–Kier alpha value is -5.56. The van der Waals surface area contributed by atoms with Gasteiger partial charge in [0.2, 0.25) is 11.7 Å². The number of pyridine rings is 1. The fourth-order valence-corrected chi connectivity index (χ4v) is 5.91. The molecule has 1 aliphatic rings. The third-order valence-electron chi connectivity index (χ3n) is 8.12. The molecule has 1 aliphatic heterocycles. The van der Waals surface area contributed by atoms with Gasteiger partial charge in [0.05, 0.1) is 58.5 Å². The lowest BCUT2D eigenvalue weighted by Gasteiger charge is -2.22. The highest BCUT2D eigenvalue weighted by Gasteiger charge is 2.33. The molecule has 0 saturated carbocycles. The molecule has 1 atom stereocenters. The maximum Gasteiger partial charge on any atom is 0.240 e. The first-order chi connectivity index (χ1) is 23.8. The predicted octanol–water partition coefficient (Wildman–Crippen LogP) is 5.90. The van der Waals surface area contributed by atoms with E-state index >= 15 is 0 Å². The zero-order chi connectivity index (χ0) is 34.5. The van der Waals surface area contributed by atoms with Crippen LogP contribution in [0.3, 0.4) is 0 Å². The van der Waals surface area contributed by atoms with Gasteiger partial charge in [0.1, 0.15) is 12.3 Å². The molecule has 0 aliphatic carbocycles. The van der Waals surface area contributed by atoms with Crippen LogP contribution in [0.2, 0.25) is 5.02 Å². The molecule has 3 heterocycles. The number of ether oxygens (including phenoxy) is 5. The molecule has 1 amide bonds. The summed E-state index contributed by atoms with van der Waals surface area (Å²) in [6.45, 7) is 2.91. The Balaban J connectivity index is 1.10. The second-order valence-corrected chi connectivity index (χ2v) is 11.6. The number of hydrazone groups is 1. The summed E-state index contributed by atoms with van der Waals surface area (Å²) in [7, 11) is 6.24. The zero-order valence-electron chi connectivity index (χ0n) is 27.8. The fourth-order valence-electron chi connectivity index (χ4n) is 5.74. The molecule has 0 bridgehead atoms. The summed E-state index contributed by atoms with van der Waals surface area (Å²) in [5.74, 6) is 2.34. The first kappa shape index (κ1) is 33.3. The van der Waals surface area contributed by atoms with Crippen LogP contribution in [0.5, 0.6) is 28.7 Å². The molecule has 0 saturated heterocycles. The van der Waals surface area contributed by atoms with E-state index in [0.29, 0.717) is 59.0 Å². The van der Waals surface area contributed by atoms with E-state index in [2.05, 4.69) is 25.7 Å². The molecular weight excluding hydrogens is 650 g/mol. The number of rotatable bonds is 13. The third-order valence-corrected chi connectivity index (χ3v) is 8.36. The smallest absolute Gasteiger partial charge is 0.240 e. The van der Waals surface area contributed by atoms with Crippen molar-refractivity contribution in [2.75, 3.05) is 40.3 Å². The molecule has 14 heteroatoms. The molecule has 1 N–H and O–H groups in total. The lowest BCUT2D eigenvalue weighted by molar-refractivity contribution is -0.130. The predicted molar refractivity (Wildman–Crippen MR) is 185 cm³/mol. The van der Waals surface area contributed by atoms with Gasteiger partial charge in [-0.3, -0.25) is 14.5 Å². The first-order valence-electron chi connectivity index (χ1n) is 15.5. The van der Waals surface area contributed by atoms with Crippen molar-refractivity contribution in [1.29, 1.82) is 0 Å². The van der Waals surface area contributed by atoms with Crippen LogP contribution in [-0.2, 0) is 17.9 Å². The molecule has 0 radical (unpaired) electrons. The van der Waals surface area contributed by atoms with E-state index in [9.17, 15) is 4.79 Å². The van der Waals surface area contributed by atoms with Crippen molar-refractivity contribution >= 4 is 39.8 Å². The van der Waals surface area contributed by atoms with Crippen molar-refractivity contribution in [3.63, 3.8) is 0 Å². The average molecular weight is 686 g/mol. The second-order valence-electron chi connectivity index (χ2n) is 11.2. The molecule has 3 aromatic carbocycles. The number of anilines is 1. The van der Waals surface area contributed by atoms with E-state index in [1.54, 1.807) is 39.3 Å². The van der Waals surface area contributed by atoms with Gasteiger partial charge < -0.3 is 29.0 Å². The zero-order valence-corrected chi connectivity index (χ0v) is 28.5. The van der Waals surface area contributed by atoms with Gasteiger partial charge in [-0.15, -0.1) is 5.10 Å². The SMILES string of the molecule is COc1cc(C2=NN(C(C)=O)C(c3cc(OC)c(OC)c(OC)c3)C2)ccc1OCc1cn(CCNc2ccnc3cc(Cl)ccc23)nn1. The number of nitrogens with one attached hydrogen (secondary N) is 1. The Morgan fingerprint density at radius 2 is 1.71 bits per heavy atom. The van der Waals surface area contributed by atoms with Gasteiger partial charge in [0.25, 0.3) is 0 Å². The Morgan fingerprint density at radius 3 is 2.43 bits per heavy atom. The highest BCUT2D eigenvalue weighted by molar-refractivity contribution is 6.31. The standard InChI is InChI=1S/C35H36ClN7O6/c1-21(44)43-30(23-15-33(46-3)35(48-5)34(16-23)47-4)18-28(40-43)22-6-9-31(32(14-22)45-2)49-20-25-19-42(41-39-25)13-12-38-27-10-11-37-29-17-24(36)7-8-26(27)29/h6-11,14-17,19,30H,12-13,18,20H2,1-5H3,(H,37,38). The van der Waals surface area contributed by atoms with Crippen LogP contribution in [-0.4, -0.2) is 71.6 Å². The average Bonchev–Trinajstić information content (AvgIpc) is 3.78. The molecule has 5 aromatic rings. The maximum atomic E-state index is 12.7. The normalized spacial score (nSPS) is 14.0. The molecule has 0 fully saturated rings. The monoisotopic (exact) mass is 685 g/mol. The van der Waals surface area contributed by atoms with Crippen LogP contribution in [0.1, 0.15) is 36.2 Å². The number of carbonyl (C=O) groups is 1. The van der Waals surface area contributed by atoms with E-state index in [1.165, 1.54) is 11.9 Å². The Bertz CT molecular complexity index is 1990. The summed E-state index contributed by atoms with van der Waals surface area (Å²) in [5, 5.41) is 19.7. The van der Waals surface area contributed by atoms with Gasteiger partial charge >= 0.3 is 0 Å². The number of halogens is 1. The minimum atomic E-state index is -0.371. The molecule has 1 unspecified atom stereocenters. The number of carbonyl (C=O) groups excluding carboxylic acids is 1. The molecule has 49 heavy (non-hydrogen) atoms. The van der Waals surface area contributed by atoms with Crippen molar-refractivity contribution < 1.29 is 28.5 Å². The number of nitrogens with zero attached hydrogens (tertiary/aromatic N) is 6.